The molecule has 1 spiro atoms. The lowest BCUT2D eigenvalue weighted by Gasteiger charge is -2.37. The van der Waals surface area contributed by atoms with Gasteiger partial charge in [0.05, 0.1) is 20.3 Å². The maximum Gasteiger partial charge on any atom is 0.170 e. The lowest BCUT2D eigenvalue weighted by atomic mass is 10.0. The Balaban J connectivity index is 1.51. The van der Waals surface area contributed by atoms with Crippen LogP contribution in [0.3, 0.4) is 0 Å². The quantitative estimate of drug-likeness (QED) is 0.852. The molecule has 4 heteroatoms. The van der Waals surface area contributed by atoms with Gasteiger partial charge >= 0.3 is 0 Å². The van der Waals surface area contributed by atoms with Gasteiger partial charge in [-0.05, 0) is 6.07 Å². The maximum absolute atomic E-state index is 5.75. The summed E-state index contributed by atoms with van der Waals surface area (Å²) >= 11 is 0. The normalized spacial score (nSPS) is 22.1. The van der Waals surface area contributed by atoms with Crippen molar-refractivity contribution in [2.45, 2.75) is 18.6 Å². The number of benzene rings is 1. The van der Waals surface area contributed by atoms with Crippen LogP contribution in [-0.2, 0) is 9.47 Å². The van der Waals surface area contributed by atoms with Crippen LogP contribution in [0.4, 0.5) is 0 Å². The summed E-state index contributed by atoms with van der Waals surface area (Å²) in [5.41, 5.74) is 1.12. The van der Waals surface area contributed by atoms with Gasteiger partial charge in [0.15, 0.2) is 5.79 Å². The molecule has 0 radical (unpaired) electrons. The second-order valence-electron chi connectivity index (χ2n) is 5.55. The third-order valence-corrected chi connectivity index (χ3v) is 4.23. The third kappa shape index (κ3) is 3.46. The lowest BCUT2D eigenvalue weighted by Crippen LogP contribution is -2.45. The summed E-state index contributed by atoms with van der Waals surface area (Å²) in [6, 6.07) is 8.07. The minimum absolute atomic E-state index is 0.275. The van der Waals surface area contributed by atoms with E-state index in [0.29, 0.717) is 0 Å². The van der Waals surface area contributed by atoms with E-state index in [2.05, 4.69) is 23.1 Å². The molecule has 0 saturated carbocycles. The molecular formula is C17H23NO3. The van der Waals surface area contributed by atoms with Crippen LogP contribution in [0.5, 0.6) is 5.75 Å². The predicted octanol–water partition coefficient (Wildman–Crippen LogP) is 2.55. The van der Waals surface area contributed by atoms with Crippen LogP contribution >= 0.6 is 0 Å². The summed E-state index contributed by atoms with van der Waals surface area (Å²) in [5, 5.41) is 0. The summed E-state index contributed by atoms with van der Waals surface area (Å²) in [6.45, 7) is 4.49. The van der Waals surface area contributed by atoms with Gasteiger partial charge in [0, 0.05) is 38.0 Å². The number of methoxy groups -OCH3 is 1. The van der Waals surface area contributed by atoms with Gasteiger partial charge in [-0.3, -0.25) is 4.90 Å². The summed E-state index contributed by atoms with van der Waals surface area (Å²) in [7, 11) is 1.71. The molecule has 114 valence electrons. The number of likely N-dealkylation sites (tertiary alicyclic amines) is 1. The zero-order valence-electron chi connectivity index (χ0n) is 12.6. The van der Waals surface area contributed by atoms with Gasteiger partial charge in [0.2, 0.25) is 0 Å². The first-order chi connectivity index (χ1) is 10.3. The second-order valence-corrected chi connectivity index (χ2v) is 5.55. The fourth-order valence-corrected chi connectivity index (χ4v) is 2.99. The average molecular weight is 289 g/mol. The number of ether oxygens (including phenoxy) is 3. The Labute approximate surface area is 126 Å². The van der Waals surface area contributed by atoms with E-state index in [-0.39, 0.29) is 5.79 Å². The van der Waals surface area contributed by atoms with E-state index >= 15 is 0 Å². The fourth-order valence-electron chi connectivity index (χ4n) is 2.99. The van der Waals surface area contributed by atoms with Gasteiger partial charge < -0.3 is 14.2 Å². The van der Waals surface area contributed by atoms with Crippen LogP contribution < -0.4 is 4.74 Å². The molecule has 21 heavy (non-hydrogen) atoms. The highest BCUT2D eigenvalue weighted by molar-refractivity contribution is 5.57. The molecule has 2 saturated heterocycles. The van der Waals surface area contributed by atoms with E-state index in [0.717, 1.165) is 57.0 Å². The van der Waals surface area contributed by atoms with Gasteiger partial charge in [0.25, 0.3) is 0 Å². The molecule has 2 aliphatic heterocycles. The average Bonchev–Trinajstić information content (AvgIpc) is 2.98. The van der Waals surface area contributed by atoms with Crippen LogP contribution in [0.1, 0.15) is 18.4 Å². The van der Waals surface area contributed by atoms with E-state index < -0.39 is 0 Å². The zero-order chi connectivity index (χ0) is 14.5. The first-order valence-corrected chi connectivity index (χ1v) is 7.61. The van der Waals surface area contributed by atoms with Crippen LogP contribution in [0, 0.1) is 0 Å². The van der Waals surface area contributed by atoms with E-state index in [1.54, 1.807) is 7.11 Å². The Bertz CT molecular complexity index is 485. The van der Waals surface area contributed by atoms with Gasteiger partial charge in [-0.2, -0.15) is 0 Å². The highest BCUT2D eigenvalue weighted by Gasteiger charge is 2.39. The second kappa shape index (κ2) is 6.60. The Hall–Kier alpha value is -1.36. The van der Waals surface area contributed by atoms with E-state index in [4.69, 9.17) is 14.2 Å². The lowest BCUT2D eigenvalue weighted by molar-refractivity contribution is -0.184. The molecule has 0 amide bonds. The van der Waals surface area contributed by atoms with Crippen LogP contribution in [0.2, 0.25) is 0 Å². The van der Waals surface area contributed by atoms with Crippen molar-refractivity contribution in [2.24, 2.45) is 0 Å². The van der Waals surface area contributed by atoms with E-state index in [9.17, 15) is 0 Å². The van der Waals surface area contributed by atoms with Crippen LogP contribution in [0.15, 0.2) is 30.3 Å². The molecule has 1 aromatic rings. The molecule has 0 aromatic heterocycles. The predicted molar refractivity (Wildman–Crippen MR) is 82.3 cm³/mol. The summed E-state index contributed by atoms with van der Waals surface area (Å²) in [5.74, 6) is 0.641. The SMILES string of the molecule is COc1ccccc1/C=C\CN1CCC2(CC1)OCCO2. The highest BCUT2D eigenvalue weighted by Crippen LogP contribution is 2.31. The molecule has 2 fully saturated rings. The zero-order valence-corrected chi connectivity index (χ0v) is 12.6. The maximum atomic E-state index is 5.75. The van der Waals surface area contributed by atoms with Crippen LogP contribution in [-0.4, -0.2) is 50.6 Å². The summed E-state index contributed by atoms with van der Waals surface area (Å²) in [4.78, 5) is 2.43. The van der Waals surface area contributed by atoms with Crippen molar-refractivity contribution >= 4 is 6.08 Å². The Morgan fingerprint density at radius 1 is 1.19 bits per heavy atom. The fraction of sp³-hybridized carbons (Fsp3) is 0.529. The van der Waals surface area contributed by atoms with Gasteiger partial charge in [-0.25, -0.2) is 0 Å². The standard InChI is InChI=1S/C17H23NO3/c1-19-16-7-3-2-5-15(16)6-4-10-18-11-8-17(9-12-18)20-13-14-21-17/h2-7H,8-14H2,1H3/b6-4-. The third-order valence-electron chi connectivity index (χ3n) is 4.23. The highest BCUT2D eigenvalue weighted by atomic mass is 16.7. The molecule has 1 aromatic carbocycles. The number of rotatable bonds is 4. The minimum Gasteiger partial charge on any atom is -0.496 e. The van der Waals surface area contributed by atoms with Gasteiger partial charge in [-0.1, -0.05) is 30.4 Å². The smallest absolute Gasteiger partial charge is 0.170 e. The van der Waals surface area contributed by atoms with Crippen molar-refractivity contribution < 1.29 is 14.2 Å². The molecule has 0 unspecified atom stereocenters. The monoisotopic (exact) mass is 289 g/mol. The largest absolute Gasteiger partial charge is 0.496 e. The molecule has 0 aliphatic carbocycles. The summed E-state index contributed by atoms with van der Waals surface area (Å²) in [6.07, 6.45) is 6.27. The van der Waals surface area contributed by atoms with Crippen molar-refractivity contribution in [1.82, 2.24) is 4.90 Å². The topological polar surface area (TPSA) is 30.9 Å². The van der Waals surface area contributed by atoms with Crippen molar-refractivity contribution in [3.05, 3.63) is 35.9 Å². The molecule has 2 aliphatic rings. The van der Waals surface area contributed by atoms with Crippen molar-refractivity contribution in [3.63, 3.8) is 0 Å². The van der Waals surface area contributed by atoms with Gasteiger partial charge in [0.1, 0.15) is 5.75 Å². The summed E-state index contributed by atoms with van der Waals surface area (Å²) < 4.78 is 16.9. The molecule has 0 bridgehead atoms. The first kappa shape index (κ1) is 14.6. The Kier molecular flexibility index (Phi) is 4.58. The van der Waals surface area contributed by atoms with Crippen LogP contribution in [0.25, 0.3) is 6.08 Å². The molecule has 4 nitrogen and oxygen atoms in total. The van der Waals surface area contributed by atoms with Crippen molar-refractivity contribution in [3.8, 4) is 5.75 Å². The van der Waals surface area contributed by atoms with Gasteiger partial charge in [-0.15, -0.1) is 0 Å². The number of hydrogen-bond acceptors (Lipinski definition) is 4. The first-order valence-electron chi connectivity index (χ1n) is 7.61. The van der Waals surface area contributed by atoms with E-state index in [1.165, 1.54) is 0 Å². The number of nitrogens with zero attached hydrogens (tertiary/aromatic N) is 1. The number of piperidine rings is 1. The number of hydrogen-bond donors (Lipinski definition) is 0. The molecular weight excluding hydrogens is 266 g/mol. The Morgan fingerprint density at radius 3 is 2.62 bits per heavy atom. The van der Waals surface area contributed by atoms with Crippen molar-refractivity contribution in [2.75, 3.05) is 40.0 Å². The molecule has 2 heterocycles. The Morgan fingerprint density at radius 2 is 1.90 bits per heavy atom. The van der Waals surface area contributed by atoms with E-state index in [1.807, 2.05) is 18.2 Å². The molecule has 3 rings (SSSR count). The molecule has 0 N–H and O–H groups in total. The van der Waals surface area contributed by atoms with Crippen molar-refractivity contribution in [1.29, 1.82) is 0 Å². The minimum atomic E-state index is -0.275. The number of para-hydroxylation sites is 1. The molecule has 0 atom stereocenters.